The Bertz CT molecular complexity index is 788. The van der Waals surface area contributed by atoms with Crippen molar-refractivity contribution in [3.05, 3.63) is 72.3 Å². The fraction of sp³-hybridized carbons (Fsp3) is 0.238. The van der Waals surface area contributed by atoms with Crippen LogP contribution >= 0.6 is 0 Å². The molecule has 3 amide bonds. The topological polar surface area (TPSA) is 81.7 Å². The third kappa shape index (κ3) is 5.88. The minimum Gasteiger partial charge on any atom is -0.508 e. The van der Waals surface area contributed by atoms with Gasteiger partial charge in [-0.05, 0) is 36.8 Å². The molecular formula is C21H25N3O3. The Hall–Kier alpha value is -3.28. The van der Waals surface area contributed by atoms with Crippen LogP contribution in [-0.4, -0.2) is 35.0 Å². The van der Waals surface area contributed by atoms with E-state index in [4.69, 9.17) is 0 Å². The minimum absolute atomic E-state index is 0.168. The number of nitrogens with one attached hydrogen (secondary N) is 2. The van der Waals surface area contributed by atoms with Gasteiger partial charge in [-0.15, -0.1) is 6.58 Å². The Balaban J connectivity index is 2.03. The maximum atomic E-state index is 12.6. The lowest BCUT2D eigenvalue weighted by Gasteiger charge is -2.23. The summed E-state index contributed by atoms with van der Waals surface area (Å²) >= 11 is 0. The molecular weight excluding hydrogens is 342 g/mol. The number of hydrogen-bond acceptors (Lipinski definition) is 3. The van der Waals surface area contributed by atoms with E-state index in [1.54, 1.807) is 53.4 Å². The summed E-state index contributed by atoms with van der Waals surface area (Å²) in [7, 11) is 0. The van der Waals surface area contributed by atoms with Gasteiger partial charge in [-0.1, -0.05) is 31.2 Å². The van der Waals surface area contributed by atoms with Crippen LogP contribution in [0.4, 0.5) is 10.5 Å². The van der Waals surface area contributed by atoms with E-state index < -0.39 is 0 Å². The summed E-state index contributed by atoms with van der Waals surface area (Å²) in [6.07, 6.45) is 2.41. The highest BCUT2D eigenvalue weighted by atomic mass is 16.3. The van der Waals surface area contributed by atoms with Crippen molar-refractivity contribution in [3.8, 4) is 5.75 Å². The molecule has 0 radical (unpaired) electrons. The molecule has 3 N–H and O–H groups in total. The smallest absolute Gasteiger partial charge is 0.322 e. The molecule has 2 aromatic rings. The van der Waals surface area contributed by atoms with Gasteiger partial charge in [0.1, 0.15) is 5.75 Å². The van der Waals surface area contributed by atoms with E-state index in [-0.39, 0.29) is 17.7 Å². The van der Waals surface area contributed by atoms with Gasteiger partial charge in [0, 0.05) is 29.9 Å². The van der Waals surface area contributed by atoms with Crippen LogP contribution in [0, 0.1) is 0 Å². The van der Waals surface area contributed by atoms with Crippen LogP contribution in [0.25, 0.3) is 0 Å². The van der Waals surface area contributed by atoms with Crippen LogP contribution in [0.15, 0.2) is 61.2 Å². The summed E-state index contributed by atoms with van der Waals surface area (Å²) in [5.74, 6) is -0.0266. The van der Waals surface area contributed by atoms with Crippen molar-refractivity contribution in [1.82, 2.24) is 10.2 Å². The number of amides is 3. The lowest BCUT2D eigenvalue weighted by molar-refractivity contribution is 0.0958. The molecule has 0 aromatic heterocycles. The molecule has 0 aliphatic rings. The van der Waals surface area contributed by atoms with Crippen LogP contribution < -0.4 is 10.6 Å². The number of carbonyl (C=O) groups excluding carboxylic acids is 2. The van der Waals surface area contributed by atoms with Crippen LogP contribution in [0.2, 0.25) is 0 Å². The van der Waals surface area contributed by atoms with Crippen molar-refractivity contribution < 1.29 is 14.7 Å². The average Bonchev–Trinajstić information content (AvgIpc) is 2.68. The number of anilines is 1. The Kier molecular flexibility index (Phi) is 7.43. The van der Waals surface area contributed by atoms with E-state index in [0.29, 0.717) is 36.4 Å². The molecule has 0 unspecified atom stereocenters. The van der Waals surface area contributed by atoms with E-state index in [1.807, 2.05) is 13.0 Å². The highest BCUT2D eigenvalue weighted by Crippen LogP contribution is 2.19. The molecule has 0 saturated heterocycles. The highest BCUT2D eigenvalue weighted by Gasteiger charge is 2.15. The van der Waals surface area contributed by atoms with Crippen molar-refractivity contribution in [3.63, 3.8) is 0 Å². The van der Waals surface area contributed by atoms with E-state index >= 15 is 0 Å². The van der Waals surface area contributed by atoms with Crippen molar-refractivity contribution in [2.24, 2.45) is 0 Å². The van der Waals surface area contributed by atoms with Gasteiger partial charge in [-0.3, -0.25) is 4.79 Å². The number of urea groups is 1. The summed E-state index contributed by atoms with van der Waals surface area (Å²) in [6, 6.07) is 13.4. The molecule has 2 aromatic carbocycles. The van der Waals surface area contributed by atoms with E-state index in [2.05, 4.69) is 17.2 Å². The first-order valence-corrected chi connectivity index (χ1v) is 8.87. The van der Waals surface area contributed by atoms with Gasteiger partial charge >= 0.3 is 6.03 Å². The molecule has 0 heterocycles. The standard InChI is InChI=1S/C21H25N3O3/c1-3-13-22-20(26)16-9-11-18(12-10-16)23-21(27)24(14-4-2)15-17-7-5-6-8-19(17)25/h3,5-12,25H,1,4,13-15H2,2H3,(H,22,26)(H,23,27). The lowest BCUT2D eigenvalue weighted by atomic mass is 10.2. The van der Waals surface area contributed by atoms with Crippen LogP contribution in [0.3, 0.4) is 0 Å². The first-order valence-electron chi connectivity index (χ1n) is 8.87. The van der Waals surface area contributed by atoms with Crippen LogP contribution in [0.5, 0.6) is 5.75 Å². The molecule has 0 saturated carbocycles. The largest absolute Gasteiger partial charge is 0.508 e. The molecule has 142 valence electrons. The molecule has 0 aliphatic heterocycles. The molecule has 0 fully saturated rings. The maximum Gasteiger partial charge on any atom is 0.322 e. The van der Waals surface area contributed by atoms with Crippen LogP contribution in [0.1, 0.15) is 29.3 Å². The Morgan fingerprint density at radius 2 is 1.85 bits per heavy atom. The zero-order valence-electron chi connectivity index (χ0n) is 15.4. The Morgan fingerprint density at radius 1 is 1.15 bits per heavy atom. The number of aromatic hydroxyl groups is 1. The van der Waals surface area contributed by atoms with Gasteiger partial charge < -0.3 is 20.6 Å². The number of rotatable bonds is 8. The summed E-state index contributed by atoms with van der Waals surface area (Å²) in [5, 5.41) is 15.5. The predicted octanol–water partition coefficient (Wildman–Crippen LogP) is 3.75. The summed E-state index contributed by atoms with van der Waals surface area (Å²) < 4.78 is 0. The second-order valence-corrected chi connectivity index (χ2v) is 6.06. The average molecular weight is 367 g/mol. The third-order valence-corrected chi connectivity index (χ3v) is 3.94. The first kappa shape index (κ1) is 20.0. The quantitative estimate of drug-likeness (QED) is 0.622. The second-order valence-electron chi connectivity index (χ2n) is 6.06. The normalized spacial score (nSPS) is 10.1. The third-order valence-electron chi connectivity index (χ3n) is 3.94. The Labute approximate surface area is 159 Å². The van der Waals surface area contributed by atoms with Gasteiger partial charge in [-0.25, -0.2) is 4.79 Å². The molecule has 27 heavy (non-hydrogen) atoms. The molecule has 0 bridgehead atoms. The fourth-order valence-electron chi connectivity index (χ4n) is 2.55. The molecule has 0 spiro atoms. The molecule has 6 heteroatoms. The van der Waals surface area contributed by atoms with Gasteiger partial charge in [0.25, 0.3) is 5.91 Å². The van der Waals surface area contributed by atoms with Gasteiger partial charge in [0.2, 0.25) is 0 Å². The second kappa shape index (κ2) is 10.0. The van der Waals surface area contributed by atoms with E-state index in [9.17, 15) is 14.7 Å². The summed E-state index contributed by atoms with van der Waals surface area (Å²) in [4.78, 5) is 26.1. The van der Waals surface area contributed by atoms with E-state index in [0.717, 1.165) is 6.42 Å². The van der Waals surface area contributed by atoms with Gasteiger partial charge in [0.05, 0.1) is 6.54 Å². The highest BCUT2D eigenvalue weighted by molar-refractivity contribution is 5.95. The van der Waals surface area contributed by atoms with Gasteiger partial charge in [0.15, 0.2) is 0 Å². The van der Waals surface area contributed by atoms with Crippen LogP contribution in [-0.2, 0) is 6.54 Å². The van der Waals surface area contributed by atoms with Crippen molar-refractivity contribution in [2.75, 3.05) is 18.4 Å². The lowest BCUT2D eigenvalue weighted by Crippen LogP contribution is -2.35. The fourth-order valence-corrected chi connectivity index (χ4v) is 2.55. The monoisotopic (exact) mass is 367 g/mol. The molecule has 2 rings (SSSR count). The summed E-state index contributed by atoms with van der Waals surface area (Å²) in [5.41, 5.74) is 1.79. The first-order chi connectivity index (χ1) is 13.0. The Morgan fingerprint density at radius 3 is 2.48 bits per heavy atom. The van der Waals surface area contributed by atoms with Crippen molar-refractivity contribution >= 4 is 17.6 Å². The van der Waals surface area contributed by atoms with Gasteiger partial charge in [-0.2, -0.15) is 0 Å². The number of benzene rings is 2. The number of phenols is 1. The van der Waals surface area contributed by atoms with Crippen molar-refractivity contribution in [2.45, 2.75) is 19.9 Å². The van der Waals surface area contributed by atoms with Crippen molar-refractivity contribution in [1.29, 1.82) is 0 Å². The number of phenolic OH excluding ortho intramolecular Hbond substituents is 1. The molecule has 0 atom stereocenters. The number of carbonyl (C=O) groups is 2. The predicted molar refractivity (Wildman–Crippen MR) is 107 cm³/mol. The van der Waals surface area contributed by atoms with E-state index in [1.165, 1.54) is 0 Å². The zero-order chi connectivity index (χ0) is 19.6. The summed E-state index contributed by atoms with van der Waals surface area (Å²) in [6.45, 7) is 6.82. The molecule has 0 aliphatic carbocycles. The SMILES string of the molecule is C=CCNC(=O)c1ccc(NC(=O)N(CCC)Cc2ccccc2O)cc1. The zero-order valence-corrected chi connectivity index (χ0v) is 15.4. The maximum absolute atomic E-state index is 12.6. The molecule has 6 nitrogen and oxygen atoms in total. The number of nitrogens with zero attached hydrogens (tertiary/aromatic N) is 1. The minimum atomic E-state index is -0.260. The number of hydrogen-bond donors (Lipinski definition) is 3. The number of para-hydroxylation sites is 1.